The fourth-order valence-corrected chi connectivity index (χ4v) is 7.63. The van der Waals surface area contributed by atoms with Crippen molar-refractivity contribution in [3.63, 3.8) is 0 Å². The third-order valence-electron chi connectivity index (χ3n) is 9.97. The number of hydrogen-bond acceptors (Lipinski definition) is 9. The minimum absolute atomic E-state index is 0.0490. The highest BCUT2D eigenvalue weighted by Crippen LogP contribution is 2.32. The number of thioether (sulfide) groups is 1. The molecule has 2 fully saturated rings. The zero-order valence-corrected chi connectivity index (χ0v) is 29.2. The summed E-state index contributed by atoms with van der Waals surface area (Å²) >= 11 is 1.40. The molecule has 1 saturated carbocycles. The Bertz CT molecular complexity index is 1270. The number of aliphatic hydroxyl groups is 2. The largest absolute Gasteiger partial charge is 0.390 e. The smallest absolute Gasteiger partial charge is 0.247 e. The van der Waals surface area contributed by atoms with E-state index >= 15 is 0 Å². The Morgan fingerprint density at radius 1 is 0.979 bits per heavy atom. The van der Waals surface area contributed by atoms with Crippen LogP contribution >= 0.6 is 11.8 Å². The maximum Gasteiger partial charge on any atom is 0.247 e. The maximum atomic E-state index is 14.9. The summed E-state index contributed by atoms with van der Waals surface area (Å²) in [6.45, 7) is 1.05. The predicted octanol–water partition coefficient (Wildman–Crippen LogP) is 3.32. The first-order valence-electron chi connectivity index (χ1n) is 17.6. The second-order valence-corrected chi connectivity index (χ2v) is 14.6. The van der Waals surface area contributed by atoms with Crippen molar-refractivity contribution in [1.82, 2.24) is 14.8 Å². The lowest BCUT2D eigenvalue weighted by molar-refractivity contribution is -0.159. The van der Waals surface area contributed by atoms with Crippen LogP contribution in [-0.4, -0.2) is 98.1 Å². The van der Waals surface area contributed by atoms with Gasteiger partial charge in [-0.05, 0) is 68.4 Å². The molecule has 3 amide bonds. The molecule has 0 radical (unpaired) electrons. The van der Waals surface area contributed by atoms with Gasteiger partial charge in [0.2, 0.25) is 17.7 Å². The van der Waals surface area contributed by atoms with E-state index in [2.05, 4.69) is 4.98 Å². The van der Waals surface area contributed by atoms with Gasteiger partial charge in [-0.3, -0.25) is 24.3 Å². The lowest BCUT2D eigenvalue weighted by Crippen LogP contribution is -2.60. The molecule has 6 N–H and O–H groups in total. The highest BCUT2D eigenvalue weighted by Gasteiger charge is 2.43. The van der Waals surface area contributed by atoms with Crippen molar-refractivity contribution in [1.29, 1.82) is 0 Å². The molecule has 264 valence electrons. The van der Waals surface area contributed by atoms with Gasteiger partial charge in [0.05, 0.1) is 24.1 Å². The molecule has 11 heteroatoms. The molecule has 1 saturated heterocycles. The monoisotopic (exact) mass is 681 g/mol. The number of aryl methyl sites for hydroxylation is 1. The maximum absolute atomic E-state index is 14.9. The first-order chi connectivity index (χ1) is 23.2. The van der Waals surface area contributed by atoms with E-state index in [4.69, 9.17) is 11.5 Å². The van der Waals surface area contributed by atoms with Crippen molar-refractivity contribution in [3.05, 3.63) is 66.0 Å². The Morgan fingerprint density at radius 3 is 2.31 bits per heavy atom. The summed E-state index contributed by atoms with van der Waals surface area (Å²) in [7, 11) is 0. The van der Waals surface area contributed by atoms with E-state index in [0.717, 1.165) is 48.3 Å². The standard InChI is InChI=1S/C37H55N5O5S/c1-48-25-31(39)37(47)42(32(23-27-12-6-3-7-13-27)35(45)33(43)16-15-30-14-8-9-19-40-30)36(46)28(22-26-10-4-2-5-11-26)24-34(44)41-20-17-29(38)18-21-41/h2,4-5,8-11,14,19,27-29,31-33,35,43,45H,3,6-7,12-13,15-18,20-25,38-39H2,1H3/t28-,31+,32+,33+,35-/m1/s1. The van der Waals surface area contributed by atoms with Gasteiger partial charge in [-0.2, -0.15) is 11.8 Å². The molecule has 0 bridgehead atoms. The number of carbonyl (C=O) groups excluding carboxylic acids is 3. The van der Waals surface area contributed by atoms with E-state index < -0.39 is 42.0 Å². The second-order valence-electron chi connectivity index (χ2n) is 13.6. The Labute approximate surface area is 290 Å². The fraction of sp³-hybridized carbons (Fsp3) is 0.622. The van der Waals surface area contributed by atoms with Gasteiger partial charge in [0, 0.05) is 43.2 Å². The van der Waals surface area contributed by atoms with Gasteiger partial charge < -0.3 is 26.6 Å². The number of imide groups is 1. The average molecular weight is 682 g/mol. The minimum Gasteiger partial charge on any atom is -0.390 e. The number of aromatic nitrogens is 1. The van der Waals surface area contributed by atoms with Gasteiger partial charge in [-0.25, -0.2) is 0 Å². The summed E-state index contributed by atoms with van der Waals surface area (Å²) < 4.78 is 0. The van der Waals surface area contributed by atoms with Gasteiger partial charge in [0.15, 0.2) is 0 Å². The van der Waals surface area contributed by atoms with Crippen LogP contribution in [0.4, 0.5) is 0 Å². The van der Waals surface area contributed by atoms with Gasteiger partial charge in [0.1, 0.15) is 6.10 Å². The van der Waals surface area contributed by atoms with Crippen molar-refractivity contribution in [3.8, 4) is 0 Å². The van der Waals surface area contributed by atoms with Gasteiger partial charge in [-0.1, -0.05) is 68.5 Å². The van der Waals surface area contributed by atoms with Crippen LogP contribution in [0.2, 0.25) is 0 Å². The van der Waals surface area contributed by atoms with E-state index in [1.54, 1.807) is 11.1 Å². The summed E-state index contributed by atoms with van der Waals surface area (Å²) in [5, 5.41) is 23.3. The minimum atomic E-state index is -1.40. The number of likely N-dealkylation sites (tertiary alicyclic amines) is 1. The lowest BCUT2D eigenvalue weighted by atomic mass is 9.81. The fourth-order valence-electron chi connectivity index (χ4n) is 7.13. The number of nitrogens with two attached hydrogens (primary N) is 2. The van der Waals surface area contributed by atoms with Gasteiger partial charge in [0.25, 0.3) is 0 Å². The Hall–Kier alpha value is -2.83. The van der Waals surface area contributed by atoms with Gasteiger partial charge in [-0.15, -0.1) is 0 Å². The molecule has 2 heterocycles. The third kappa shape index (κ3) is 11.1. The number of carbonyl (C=O) groups is 3. The Balaban J connectivity index is 1.68. The van der Waals surface area contributed by atoms with Crippen LogP contribution in [0.15, 0.2) is 54.7 Å². The highest BCUT2D eigenvalue weighted by molar-refractivity contribution is 7.98. The summed E-state index contributed by atoms with van der Waals surface area (Å²) in [5.41, 5.74) is 14.2. The summed E-state index contributed by atoms with van der Waals surface area (Å²) in [6, 6.07) is 13.1. The number of aliphatic hydroxyl groups excluding tert-OH is 2. The molecule has 48 heavy (non-hydrogen) atoms. The van der Waals surface area contributed by atoms with Crippen LogP contribution in [0.3, 0.4) is 0 Å². The molecular weight excluding hydrogens is 627 g/mol. The van der Waals surface area contributed by atoms with Crippen molar-refractivity contribution >= 4 is 29.5 Å². The Kier molecular flexibility index (Phi) is 15.3. The van der Waals surface area contributed by atoms with Crippen LogP contribution in [0, 0.1) is 11.8 Å². The zero-order valence-electron chi connectivity index (χ0n) is 28.4. The first-order valence-corrected chi connectivity index (χ1v) is 19.0. The zero-order chi connectivity index (χ0) is 34.5. The first kappa shape index (κ1) is 38.0. The number of benzene rings is 1. The molecule has 1 aliphatic heterocycles. The third-order valence-corrected chi connectivity index (χ3v) is 10.7. The van der Waals surface area contributed by atoms with E-state index in [-0.39, 0.29) is 42.9 Å². The van der Waals surface area contributed by atoms with Crippen LogP contribution in [0.5, 0.6) is 0 Å². The van der Waals surface area contributed by atoms with Crippen LogP contribution < -0.4 is 11.5 Å². The topological polar surface area (TPSA) is 163 Å². The number of hydrogen-bond donors (Lipinski definition) is 4. The summed E-state index contributed by atoms with van der Waals surface area (Å²) in [6.07, 6.45) is 8.49. The Morgan fingerprint density at radius 2 is 1.67 bits per heavy atom. The van der Waals surface area contributed by atoms with Crippen LogP contribution in [0.25, 0.3) is 0 Å². The molecule has 0 spiro atoms. The lowest BCUT2D eigenvalue weighted by Gasteiger charge is -2.40. The number of amides is 3. The molecule has 1 aliphatic carbocycles. The normalized spacial score (nSPS) is 19.2. The van der Waals surface area contributed by atoms with E-state index in [0.29, 0.717) is 38.8 Å². The summed E-state index contributed by atoms with van der Waals surface area (Å²) in [5.74, 6) is -1.68. The molecule has 1 aromatic heterocycles. The van der Waals surface area contributed by atoms with Crippen LogP contribution in [-0.2, 0) is 27.2 Å². The molecular formula is C37H55N5O5S. The summed E-state index contributed by atoms with van der Waals surface area (Å²) in [4.78, 5) is 50.2. The van der Waals surface area contributed by atoms with Crippen molar-refractivity contribution in [2.24, 2.45) is 23.3 Å². The average Bonchev–Trinajstić information content (AvgIpc) is 3.11. The predicted molar refractivity (Wildman–Crippen MR) is 190 cm³/mol. The van der Waals surface area contributed by atoms with Crippen LogP contribution in [0.1, 0.15) is 75.5 Å². The van der Waals surface area contributed by atoms with E-state index in [1.165, 1.54) is 11.8 Å². The van der Waals surface area contributed by atoms with E-state index in [1.807, 2.05) is 54.8 Å². The second kappa shape index (κ2) is 19.4. The molecule has 4 rings (SSSR count). The quantitative estimate of drug-likeness (QED) is 0.208. The number of pyridine rings is 1. The number of nitrogens with zero attached hydrogens (tertiary/aromatic N) is 3. The number of piperidine rings is 1. The van der Waals surface area contributed by atoms with Crippen molar-refractivity contribution in [2.75, 3.05) is 25.1 Å². The van der Waals surface area contributed by atoms with Crippen molar-refractivity contribution in [2.45, 2.75) is 107 Å². The molecule has 2 aromatic rings. The number of rotatable bonds is 16. The molecule has 0 unspecified atom stereocenters. The molecule has 10 nitrogen and oxygen atoms in total. The molecule has 2 aliphatic rings. The molecule has 1 aromatic carbocycles. The van der Waals surface area contributed by atoms with Gasteiger partial charge >= 0.3 is 0 Å². The SMILES string of the molecule is CSC[C@H](N)C(=O)N(C(=O)[C@@H](CC(=O)N1CCC(N)CC1)Cc1ccccc1)[C@@H](CC1CCCCC1)[C@@H](O)[C@@H](O)CCc1ccccn1. The molecule has 5 atom stereocenters. The van der Waals surface area contributed by atoms with Crippen molar-refractivity contribution < 1.29 is 24.6 Å². The van der Waals surface area contributed by atoms with E-state index in [9.17, 15) is 24.6 Å². The highest BCUT2D eigenvalue weighted by atomic mass is 32.2.